The predicted octanol–water partition coefficient (Wildman–Crippen LogP) is 17.3. The molecule has 3 heterocycles. The number of H-pyrrole nitrogens is 3. The molecule has 0 radical (unpaired) electrons. The number of carboxylic acid groups (broad SMARTS) is 3. The van der Waals surface area contributed by atoms with Crippen molar-refractivity contribution in [3.05, 3.63) is 53.1 Å². The van der Waals surface area contributed by atoms with E-state index in [1.54, 1.807) is 0 Å². The fourth-order valence-corrected chi connectivity index (χ4v) is 8.73. The number of halogens is 3. The van der Waals surface area contributed by atoms with Gasteiger partial charge in [0.15, 0.2) is 46.0 Å². The lowest BCUT2D eigenvalue weighted by molar-refractivity contribution is 0.0674. The van der Waals surface area contributed by atoms with Crippen LogP contribution in [0.3, 0.4) is 0 Å². The molecule has 3 rings (SSSR count). The van der Waals surface area contributed by atoms with E-state index in [0.29, 0.717) is 18.1 Å². The normalized spacial score (nSPS) is 10.9. The third kappa shape index (κ3) is 31.1. The zero-order valence-corrected chi connectivity index (χ0v) is 43.4. The number of nitrogens with one attached hydrogen (secondary N) is 3. The van der Waals surface area contributed by atoms with Gasteiger partial charge in [-0.25, -0.2) is 27.6 Å². The first kappa shape index (κ1) is 63.0. The van der Waals surface area contributed by atoms with Gasteiger partial charge >= 0.3 is 17.9 Å². The minimum atomic E-state index is -1.31. The molecule has 15 heteroatoms. The first-order valence-corrected chi connectivity index (χ1v) is 27.7. The zero-order chi connectivity index (χ0) is 50.7. The lowest BCUT2D eigenvalue weighted by Crippen LogP contribution is -2.01. The van der Waals surface area contributed by atoms with E-state index < -0.39 is 46.7 Å². The molecule has 3 aromatic rings. The summed E-state index contributed by atoms with van der Waals surface area (Å²) >= 11 is 1.39. The van der Waals surface area contributed by atoms with Crippen molar-refractivity contribution >= 4 is 29.7 Å². The number of hydrogen-bond acceptors (Lipinski definition) is 6. The average molecular weight is 998 g/mol. The molecule has 0 aromatic carbocycles. The van der Waals surface area contributed by atoms with Gasteiger partial charge in [0.25, 0.3) is 0 Å². The Morgan fingerprint density at radius 2 is 0.667 bits per heavy atom. The smallest absolute Gasteiger partial charge is 0.355 e. The van der Waals surface area contributed by atoms with Crippen LogP contribution < -0.4 is 9.47 Å². The van der Waals surface area contributed by atoms with Crippen molar-refractivity contribution < 1.29 is 52.3 Å². The molecule has 0 saturated carbocycles. The Morgan fingerprint density at radius 1 is 0.406 bits per heavy atom. The van der Waals surface area contributed by atoms with Crippen LogP contribution in [0.5, 0.6) is 11.5 Å². The first-order valence-electron chi connectivity index (χ1n) is 26.7. The van der Waals surface area contributed by atoms with Gasteiger partial charge < -0.3 is 39.7 Å². The number of hydrogen-bond donors (Lipinski definition) is 6. The second-order valence-electron chi connectivity index (χ2n) is 18.1. The summed E-state index contributed by atoms with van der Waals surface area (Å²) in [6, 6.07) is 0. The van der Waals surface area contributed by atoms with Gasteiger partial charge in [-0.15, -0.1) is 11.8 Å². The second kappa shape index (κ2) is 42.8. The van der Waals surface area contributed by atoms with E-state index in [-0.39, 0.29) is 17.2 Å². The van der Waals surface area contributed by atoms with E-state index in [4.69, 9.17) is 24.8 Å². The van der Waals surface area contributed by atoms with Crippen LogP contribution in [-0.4, -0.2) is 67.1 Å². The van der Waals surface area contributed by atoms with Gasteiger partial charge in [-0.3, -0.25) is 0 Å². The van der Waals surface area contributed by atoms with Crippen molar-refractivity contribution in [2.24, 2.45) is 0 Å². The topological polar surface area (TPSA) is 178 Å². The van der Waals surface area contributed by atoms with Gasteiger partial charge in [-0.2, -0.15) is 0 Å². The van der Waals surface area contributed by atoms with Crippen molar-refractivity contribution in [3.8, 4) is 11.5 Å². The fourth-order valence-electron chi connectivity index (χ4n) is 7.79. The van der Waals surface area contributed by atoms with E-state index in [2.05, 4.69) is 35.7 Å². The third-order valence-electron chi connectivity index (χ3n) is 12.0. The Kier molecular flexibility index (Phi) is 39.1. The van der Waals surface area contributed by atoms with Crippen molar-refractivity contribution in [2.45, 2.75) is 238 Å². The highest BCUT2D eigenvalue weighted by atomic mass is 32.2. The number of unbranched alkanes of at least 4 members (excludes halogenated alkanes) is 30. The quantitative estimate of drug-likeness (QED) is 0.0238. The lowest BCUT2D eigenvalue weighted by atomic mass is 10.1. The monoisotopic (exact) mass is 998 g/mol. The fraction of sp³-hybridized carbons (Fsp3) is 0.722. The lowest BCUT2D eigenvalue weighted by Gasteiger charge is -2.05. The maximum absolute atomic E-state index is 13.7. The van der Waals surface area contributed by atoms with Crippen LogP contribution in [0.4, 0.5) is 13.2 Å². The SMILES string of the molecule is CCCCCCCCCCCCCCOc1c[nH]c(C(=O)O)c1F.CCCCCCCCCCCCCOc1c[nH]c(C(=O)O)c1F.CCCCCCCCCCCCSc1c[nH]c(C(=O)O)c1F. The molecule has 0 atom stereocenters. The van der Waals surface area contributed by atoms with Gasteiger partial charge in [-0.05, 0) is 25.0 Å². The second-order valence-corrected chi connectivity index (χ2v) is 19.2. The number of thioether (sulfide) groups is 1. The number of carbonyl (C=O) groups is 3. The van der Waals surface area contributed by atoms with Crippen LogP contribution in [0.25, 0.3) is 0 Å². The summed E-state index contributed by atoms with van der Waals surface area (Å²) < 4.78 is 51.4. The minimum Gasteiger partial charge on any atom is -0.489 e. The van der Waals surface area contributed by atoms with E-state index in [1.165, 1.54) is 210 Å². The molecule has 0 fully saturated rings. The number of aromatic nitrogens is 3. The number of carboxylic acids is 3. The van der Waals surface area contributed by atoms with E-state index in [9.17, 15) is 27.6 Å². The van der Waals surface area contributed by atoms with Crippen LogP contribution in [0.1, 0.15) is 264 Å². The molecule has 6 N–H and O–H groups in total. The molecule has 0 unspecified atom stereocenters. The predicted molar refractivity (Wildman–Crippen MR) is 274 cm³/mol. The summed E-state index contributed by atoms with van der Waals surface area (Å²) in [7, 11) is 0. The Balaban J connectivity index is 0.000000518. The number of aromatic carboxylic acids is 3. The van der Waals surface area contributed by atoms with E-state index in [0.717, 1.165) is 37.9 Å². The summed E-state index contributed by atoms with van der Waals surface area (Å²) in [6.07, 6.45) is 45.6. The zero-order valence-electron chi connectivity index (χ0n) is 42.6. The summed E-state index contributed by atoms with van der Waals surface area (Å²) in [5, 5.41) is 26.2. The molecule has 396 valence electrons. The van der Waals surface area contributed by atoms with Gasteiger partial charge in [0.2, 0.25) is 0 Å². The summed E-state index contributed by atoms with van der Waals surface area (Å²) in [5.41, 5.74) is -1.23. The van der Waals surface area contributed by atoms with Crippen molar-refractivity contribution in [3.63, 3.8) is 0 Å². The summed E-state index contributed by atoms with van der Waals surface area (Å²) in [6.45, 7) is 7.56. The molecule has 69 heavy (non-hydrogen) atoms. The van der Waals surface area contributed by atoms with Gasteiger partial charge in [0.1, 0.15) is 0 Å². The molecular weight excluding hydrogens is 908 g/mol. The summed E-state index contributed by atoms with van der Waals surface area (Å²) in [4.78, 5) is 39.7. The molecule has 0 aliphatic carbocycles. The van der Waals surface area contributed by atoms with Crippen molar-refractivity contribution in [1.29, 1.82) is 0 Å². The highest BCUT2D eigenvalue weighted by Crippen LogP contribution is 2.26. The largest absolute Gasteiger partial charge is 0.489 e. The Hall–Kier alpha value is -4.01. The maximum Gasteiger partial charge on any atom is 0.355 e. The minimum absolute atomic E-state index is 0.00419. The van der Waals surface area contributed by atoms with Gasteiger partial charge in [-0.1, -0.05) is 213 Å². The number of ether oxygens (including phenoxy) is 2. The van der Waals surface area contributed by atoms with Gasteiger partial charge in [0.05, 0.1) is 18.1 Å². The van der Waals surface area contributed by atoms with Crippen molar-refractivity contribution in [2.75, 3.05) is 19.0 Å². The molecule has 0 saturated heterocycles. The van der Waals surface area contributed by atoms with E-state index in [1.807, 2.05) is 0 Å². The average Bonchev–Trinajstić information content (AvgIpc) is 4.02. The van der Waals surface area contributed by atoms with Gasteiger partial charge in [0, 0.05) is 18.6 Å². The van der Waals surface area contributed by atoms with Crippen LogP contribution in [0, 0.1) is 17.5 Å². The van der Waals surface area contributed by atoms with Crippen LogP contribution in [0.15, 0.2) is 23.5 Å². The molecule has 0 aliphatic rings. The Morgan fingerprint density at radius 3 is 0.942 bits per heavy atom. The van der Waals surface area contributed by atoms with E-state index >= 15 is 0 Å². The molecule has 0 spiro atoms. The van der Waals surface area contributed by atoms with Crippen molar-refractivity contribution in [1.82, 2.24) is 15.0 Å². The number of rotatable bonds is 42. The summed E-state index contributed by atoms with van der Waals surface area (Å²) in [5.74, 6) is -5.32. The molecule has 0 amide bonds. The highest BCUT2D eigenvalue weighted by Gasteiger charge is 2.19. The highest BCUT2D eigenvalue weighted by molar-refractivity contribution is 7.99. The number of aromatic amines is 3. The molecule has 11 nitrogen and oxygen atoms in total. The molecular formula is C54H90F3N3O8S. The molecule has 3 aromatic heterocycles. The Bertz CT molecular complexity index is 1730. The van der Waals surface area contributed by atoms with Crippen LogP contribution in [-0.2, 0) is 0 Å². The standard InChI is InChI=1S/C19H32FNO3.C18H30FNO3.C17H28FNO2S/c1-2-3-4-5-6-7-8-9-10-11-12-13-14-24-16-15-21-18(17(16)20)19(22)23;1-2-3-4-5-6-7-8-9-10-11-12-13-23-15-14-20-17(16(15)19)18(21)22;1-2-3-4-5-6-7-8-9-10-11-12-22-14-13-19-16(15(14)18)17(20)21/h15,21H,2-14H2,1H3,(H,22,23);14,20H,2-13H2,1H3,(H,21,22);13,19H,2-12H2,1H3,(H,20,21). The van der Waals surface area contributed by atoms with Crippen LogP contribution >= 0.6 is 11.8 Å². The maximum atomic E-state index is 13.7. The van der Waals surface area contributed by atoms with Crippen LogP contribution in [0.2, 0.25) is 0 Å². The molecule has 0 aliphatic heterocycles. The Labute approximate surface area is 416 Å². The molecule has 0 bridgehead atoms. The third-order valence-corrected chi connectivity index (χ3v) is 13.1. The first-order chi connectivity index (χ1) is 33.5.